The third-order valence-electron chi connectivity index (χ3n) is 6.16. The molecule has 2 aromatic carbocycles. The summed E-state index contributed by atoms with van der Waals surface area (Å²) in [6.45, 7) is 5.19. The number of methoxy groups -OCH3 is 1. The molecule has 9 heteroatoms. The molecular weight excluding hydrogens is 446 g/mol. The fourth-order valence-corrected chi connectivity index (χ4v) is 4.10. The summed E-state index contributed by atoms with van der Waals surface area (Å²) in [5.41, 5.74) is 8.12. The highest BCUT2D eigenvalue weighted by molar-refractivity contribution is 5.93. The van der Waals surface area contributed by atoms with Crippen LogP contribution in [0.2, 0.25) is 0 Å². The van der Waals surface area contributed by atoms with Crippen LogP contribution in [0.4, 0.5) is 11.4 Å². The smallest absolute Gasteiger partial charge is 0.242 e. The Bertz CT molecular complexity index is 1000. The van der Waals surface area contributed by atoms with E-state index in [1.165, 1.54) is 0 Å². The van der Waals surface area contributed by atoms with Gasteiger partial charge in [0.25, 0.3) is 0 Å². The first-order valence-electron chi connectivity index (χ1n) is 11.9. The molecule has 0 aromatic heterocycles. The molecule has 0 atom stereocenters. The molecule has 188 valence electrons. The maximum absolute atomic E-state index is 13.0. The Kier molecular flexibility index (Phi) is 9.48. The second-order valence-electron chi connectivity index (χ2n) is 8.55. The topological polar surface area (TPSA) is 108 Å². The Morgan fingerprint density at radius 2 is 1.71 bits per heavy atom. The van der Waals surface area contributed by atoms with Gasteiger partial charge in [-0.05, 0) is 42.3 Å². The van der Waals surface area contributed by atoms with E-state index in [2.05, 4.69) is 17.1 Å². The number of anilines is 2. The van der Waals surface area contributed by atoms with Crippen molar-refractivity contribution in [3.8, 4) is 5.75 Å². The molecule has 1 aliphatic heterocycles. The lowest BCUT2D eigenvalue weighted by Gasteiger charge is -2.36. The maximum Gasteiger partial charge on any atom is 0.242 e. The molecule has 1 heterocycles. The van der Waals surface area contributed by atoms with Crippen LogP contribution in [-0.2, 0) is 20.8 Å². The summed E-state index contributed by atoms with van der Waals surface area (Å²) in [6.07, 6.45) is 1.01. The van der Waals surface area contributed by atoms with Gasteiger partial charge in [0.05, 0.1) is 20.2 Å². The summed E-state index contributed by atoms with van der Waals surface area (Å²) in [7, 11) is 1.59. The van der Waals surface area contributed by atoms with Crippen molar-refractivity contribution in [1.29, 1.82) is 0 Å². The summed E-state index contributed by atoms with van der Waals surface area (Å²) in [4.78, 5) is 42.7. The van der Waals surface area contributed by atoms with Gasteiger partial charge in [-0.15, -0.1) is 0 Å². The number of carbonyl (C=O) groups is 3. The predicted octanol–water partition coefficient (Wildman–Crippen LogP) is 1.72. The Labute approximate surface area is 206 Å². The SMILES string of the molecule is CCc1ccccc1NC(=O)CN1CCN(C(=O)CN(CCC(N)=O)c2ccc(OC)cc2)CC1. The van der Waals surface area contributed by atoms with E-state index in [1.807, 2.05) is 58.3 Å². The zero-order chi connectivity index (χ0) is 25.2. The number of nitrogens with two attached hydrogens (primary N) is 1. The number of primary amides is 1. The average molecular weight is 482 g/mol. The highest BCUT2D eigenvalue weighted by atomic mass is 16.5. The summed E-state index contributed by atoms with van der Waals surface area (Å²) in [5, 5.41) is 3.00. The number of piperazine rings is 1. The number of hydrogen-bond acceptors (Lipinski definition) is 6. The highest BCUT2D eigenvalue weighted by Gasteiger charge is 2.24. The van der Waals surface area contributed by atoms with Gasteiger partial charge in [0.15, 0.2) is 0 Å². The Morgan fingerprint density at radius 1 is 1.03 bits per heavy atom. The first-order valence-corrected chi connectivity index (χ1v) is 11.9. The quantitative estimate of drug-likeness (QED) is 0.506. The van der Waals surface area contributed by atoms with Crippen molar-refractivity contribution in [2.24, 2.45) is 5.73 Å². The third kappa shape index (κ3) is 7.71. The van der Waals surface area contributed by atoms with Gasteiger partial charge in [0.1, 0.15) is 5.75 Å². The zero-order valence-corrected chi connectivity index (χ0v) is 20.5. The standard InChI is InChI=1S/C26H35N5O4/c1-3-20-6-4-5-7-23(20)28-25(33)18-29-14-16-30(17-15-29)26(34)19-31(13-12-24(27)32)21-8-10-22(35-2)11-9-21/h4-11H,3,12-19H2,1-2H3,(H2,27,32)(H,28,33). The molecule has 2 aromatic rings. The summed E-state index contributed by atoms with van der Waals surface area (Å²) < 4.78 is 5.20. The second-order valence-corrected chi connectivity index (χ2v) is 8.55. The van der Waals surface area contributed by atoms with Crippen molar-refractivity contribution in [2.75, 3.05) is 63.1 Å². The minimum absolute atomic E-state index is 0.0220. The normalized spacial score (nSPS) is 13.8. The maximum atomic E-state index is 13.0. The van der Waals surface area contributed by atoms with Crippen LogP contribution >= 0.6 is 0 Å². The van der Waals surface area contributed by atoms with Crippen LogP contribution in [0.15, 0.2) is 48.5 Å². The zero-order valence-electron chi connectivity index (χ0n) is 20.5. The van der Waals surface area contributed by atoms with Crippen molar-refractivity contribution < 1.29 is 19.1 Å². The second kappa shape index (κ2) is 12.8. The molecule has 0 unspecified atom stereocenters. The van der Waals surface area contributed by atoms with E-state index in [-0.39, 0.29) is 31.3 Å². The third-order valence-corrected chi connectivity index (χ3v) is 6.16. The molecule has 1 saturated heterocycles. The van der Waals surface area contributed by atoms with Gasteiger partial charge >= 0.3 is 0 Å². The number of ether oxygens (including phenoxy) is 1. The number of nitrogens with zero attached hydrogens (tertiary/aromatic N) is 3. The lowest BCUT2D eigenvalue weighted by Crippen LogP contribution is -2.52. The molecule has 0 saturated carbocycles. The van der Waals surface area contributed by atoms with E-state index in [4.69, 9.17) is 10.5 Å². The van der Waals surface area contributed by atoms with E-state index in [9.17, 15) is 14.4 Å². The molecule has 3 rings (SSSR count). The van der Waals surface area contributed by atoms with Crippen LogP contribution in [0.5, 0.6) is 5.75 Å². The minimum Gasteiger partial charge on any atom is -0.497 e. The van der Waals surface area contributed by atoms with Crippen LogP contribution in [0, 0.1) is 0 Å². The molecule has 0 aliphatic carbocycles. The summed E-state index contributed by atoms with van der Waals surface area (Å²) in [6, 6.07) is 15.2. The Hall–Kier alpha value is -3.59. The van der Waals surface area contributed by atoms with Gasteiger partial charge in [0, 0.05) is 50.5 Å². The monoisotopic (exact) mass is 481 g/mol. The summed E-state index contributed by atoms with van der Waals surface area (Å²) >= 11 is 0. The van der Waals surface area contributed by atoms with E-state index < -0.39 is 5.91 Å². The molecule has 9 nitrogen and oxygen atoms in total. The minimum atomic E-state index is -0.413. The molecule has 0 spiro atoms. The van der Waals surface area contributed by atoms with Gasteiger partial charge < -0.3 is 25.6 Å². The number of benzene rings is 2. The molecule has 1 aliphatic rings. The molecule has 0 bridgehead atoms. The van der Waals surface area contributed by atoms with Crippen LogP contribution in [-0.4, -0.2) is 80.4 Å². The van der Waals surface area contributed by atoms with Gasteiger partial charge in [-0.2, -0.15) is 0 Å². The molecule has 0 radical (unpaired) electrons. The first kappa shape index (κ1) is 26.0. The van der Waals surface area contributed by atoms with Crippen LogP contribution in [0.25, 0.3) is 0 Å². The molecule has 3 N–H and O–H groups in total. The Balaban J connectivity index is 1.51. The van der Waals surface area contributed by atoms with Crippen molar-refractivity contribution in [3.63, 3.8) is 0 Å². The number of carbonyl (C=O) groups excluding carboxylic acids is 3. The van der Waals surface area contributed by atoms with Gasteiger partial charge in [-0.3, -0.25) is 19.3 Å². The van der Waals surface area contributed by atoms with Crippen LogP contribution in [0.1, 0.15) is 18.9 Å². The van der Waals surface area contributed by atoms with Crippen molar-refractivity contribution >= 4 is 29.1 Å². The van der Waals surface area contributed by atoms with Gasteiger partial charge in [-0.1, -0.05) is 25.1 Å². The van der Waals surface area contributed by atoms with E-state index in [0.29, 0.717) is 38.5 Å². The number of nitrogens with one attached hydrogen (secondary N) is 1. The van der Waals surface area contributed by atoms with E-state index in [0.717, 1.165) is 23.4 Å². The highest BCUT2D eigenvalue weighted by Crippen LogP contribution is 2.20. The first-order chi connectivity index (χ1) is 16.9. The van der Waals surface area contributed by atoms with Crippen molar-refractivity contribution in [2.45, 2.75) is 19.8 Å². The molecule has 1 fully saturated rings. The number of aryl methyl sites for hydroxylation is 1. The van der Waals surface area contributed by atoms with E-state index >= 15 is 0 Å². The fraction of sp³-hybridized carbons (Fsp3) is 0.423. The average Bonchev–Trinajstić information content (AvgIpc) is 2.87. The Morgan fingerprint density at radius 3 is 2.34 bits per heavy atom. The predicted molar refractivity (Wildman–Crippen MR) is 136 cm³/mol. The van der Waals surface area contributed by atoms with Crippen molar-refractivity contribution in [3.05, 3.63) is 54.1 Å². The summed E-state index contributed by atoms with van der Waals surface area (Å²) in [5.74, 6) is 0.228. The molecule has 35 heavy (non-hydrogen) atoms. The number of hydrogen-bond donors (Lipinski definition) is 2. The van der Waals surface area contributed by atoms with Gasteiger partial charge in [-0.25, -0.2) is 0 Å². The lowest BCUT2D eigenvalue weighted by atomic mass is 10.1. The number of rotatable bonds is 11. The number of amides is 3. The molecular formula is C26H35N5O4. The van der Waals surface area contributed by atoms with Crippen molar-refractivity contribution in [1.82, 2.24) is 9.80 Å². The largest absolute Gasteiger partial charge is 0.497 e. The van der Waals surface area contributed by atoms with E-state index in [1.54, 1.807) is 7.11 Å². The van der Waals surface area contributed by atoms with Crippen LogP contribution < -0.4 is 20.7 Å². The van der Waals surface area contributed by atoms with Gasteiger partial charge in [0.2, 0.25) is 17.7 Å². The number of para-hydroxylation sites is 1. The lowest BCUT2D eigenvalue weighted by molar-refractivity contribution is -0.131. The fourth-order valence-electron chi connectivity index (χ4n) is 4.10. The van der Waals surface area contributed by atoms with Crippen LogP contribution in [0.3, 0.4) is 0 Å². The molecule has 3 amide bonds.